The lowest BCUT2D eigenvalue weighted by Gasteiger charge is -2.19. The molecule has 92 valence electrons. The van der Waals surface area contributed by atoms with E-state index in [0.29, 0.717) is 0 Å². The molecular formula is C12H23N3S. The number of thiazole rings is 1. The van der Waals surface area contributed by atoms with E-state index in [1.165, 1.54) is 17.7 Å². The minimum atomic E-state index is 0.0936. The number of nitrogens with two attached hydrogens (primary N) is 1. The zero-order valence-corrected chi connectivity index (χ0v) is 11.6. The molecule has 2 N–H and O–H groups in total. The normalized spacial score (nSPS) is 12.8. The van der Waals surface area contributed by atoms with Crippen LogP contribution in [0.1, 0.15) is 50.2 Å². The van der Waals surface area contributed by atoms with Crippen LogP contribution in [0.3, 0.4) is 0 Å². The van der Waals surface area contributed by atoms with Gasteiger partial charge >= 0.3 is 0 Å². The maximum Gasteiger partial charge on any atom is 0.185 e. The summed E-state index contributed by atoms with van der Waals surface area (Å²) in [5, 5.41) is 1.13. The van der Waals surface area contributed by atoms with E-state index in [0.717, 1.165) is 23.9 Å². The van der Waals surface area contributed by atoms with E-state index in [2.05, 4.69) is 23.7 Å². The van der Waals surface area contributed by atoms with Crippen molar-refractivity contribution < 1.29 is 0 Å². The molecule has 0 radical (unpaired) electrons. The third-order valence-corrected chi connectivity index (χ3v) is 4.09. The van der Waals surface area contributed by atoms with Crippen LogP contribution in [0, 0.1) is 6.92 Å². The molecule has 1 aromatic rings. The van der Waals surface area contributed by atoms with Crippen molar-refractivity contribution in [2.75, 3.05) is 18.0 Å². The van der Waals surface area contributed by atoms with Crippen molar-refractivity contribution in [3.63, 3.8) is 0 Å². The third-order valence-electron chi connectivity index (χ3n) is 2.67. The van der Waals surface area contributed by atoms with Gasteiger partial charge < -0.3 is 10.6 Å². The summed E-state index contributed by atoms with van der Waals surface area (Å²) in [5.41, 5.74) is 7.01. The van der Waals surface area contributed by atoms with Crippen molar-refractivity contribution in [2.24, 2.45) is 5.73 Å². The summed E-state index contributed by atoms with van der Waals surface area (Å²) in [6, 6.07) is 0.0936. The Hall–Kier alpha value is -0.610. The fraction of sp³-hybridized carbons (Fsp3) is 0.750. The SMILES string of the molecule is CCCCN(CC)c1nc(C)c(C(C)N)s1. The van der Waals surface area contributed by atoms with Crippen LogP contribution in [-0.4, -0.2) is 18.1 Å². The summed E-state index contributed by atoms with van der Waals surface area (Å²) in [7, 11) is 0. The van der Waals surface area contributed by atoms with Crippen molar-refractivity contribution in [2.45, 2.75) is 46.6 Å². The molecule has 0 amide bonds. The predicted octanol–water partition coefficient (Wildman–Crippen LogP) is 3.10. The van der Waals surface area contributed by atoms with Gasteiger partial charge in [0.25, 0.3) is 0 Å². The van der Waals surface area contributed by atoms with Gasteiger partial charge in [-0.1, -0.05) is 13.3 Å². The second-order valence-electron chi connectivity index (χ2n) is 4.17. The Morgan fingerprint density at radius 3 is 2.56 bits per heavy atom. The maximum atomic E-state index is 5.92. The Morgan fingerprint density at radius 2 is 2.12 bits per heavy atom. The summed E-state index contributed by atoms with van der Waals surface area (Å²) in [6.07, 6.45) is 2.45. The maximum absolute atomic E-state index is 5.92. The van der Waals surface area contributed by atoms with Crippen molar-refractivity contribution >= 4 is 16.5 Å². The van der Waals surface area contributed by atoms with Gasteiger partial charge in [0.1, 0.15) is 0 Å². The van der Waals surface area contributed by atoms with E-state index in [9.17, 15) is 0 Å². The van der Waals surface area contributed by atoms with Crippen molar-refractivity contribution in [3.05, 3.63) is 10.6 Å². The van der Waals surface area contributed by atoms with E-state index in [1.807, 2.05) is 13.8 Å². The predicted molar refractivity (Wildman–Crippen MR) is 72.2 cm³/mol. The number of aryl methyl sites for hydroxylation is 1. The molecule has 1 unspecified atom stereocenters. The molecule has 0 bridgehead atoms. The molecule has 0 spiro atoms. The molecule has 1 atom stereocenters. The minimum Gasteiger partial charge on any atom is -0.348 e. The molecule has 3 nitrogen and oxygen atoms in total. The van der Waals surface area contributed by atoms with E-state index in [1.54, 1.807) is 11.3 Å². The Balaban J connectivity index is 2.81. The fourth-order valence-corrected chi connectivity index (χ4v) is 2.80. The lowest BCUT2D eigenvalue weighted by atomic mass is 10.2. The highest BCUT2D eigenvalue weighted by molar-refractivity contribution is 7.15. The lowest BCUT2D eigenvalue weighted by Crippen LogP contribution is -2.23. The highest BCUT2D eigenvalue weighted by atomic mass is 32.1. The molecule has 1 aromatic heterocycles. The van der Waals surface area contributed by atoms with Gasteiger partial charge in [0, 0.05) is 24.0 Å². The lowest BCUT2D eigenvalue weighted by molar-refractivity contribution is 0.729. The first-order valence-electron chi connectivity index (χ1n) is 6.08. The van der Waals surface area contributed by atoms with Gasteiger partial charge in [-0.25, -0.2) is 4.98 Å². The van der Waals surface area contributed by atoms with Gasteiger partial charge in [-0.05, 0) is 27.2 Å². The summed E-state index contributed by atoms with van der Waals surface area (Å²) in [6.45, 7) is 10.6. The summed E-state index contributed by atoms with van der Waals surface area (Å²) < 4.78 is 0. The van der Waals surface area contributed by atoms with Crippen LogP contribution in [0.25, 0.3) is 0 Å². The Morgan fingerprint density at radius 1 is 1.44 bits per heavy atom. The number of aromatic nitrogens is 1. The van der Waals surface area contributed by atoms with Gasteiger partial charge in [0.05, 0.1) is 5.69 Å². The molecular weight excluding hydrogens is 218 g/mol. The average molecular weight is 241 g/mol. The number of unbranched alkanes of at least 4 members (excludes halogenated alkanes) is 1. The second-order valence-corrected chi connectivity index (χ2v) is 5.18. The van der Waals surface area contributed by atoms with E-state index in [-0.39, 0.29) is 6.04 Å². The molecule has 0 aliphatic heterocycles. The van der Waals surface area contributed by atoms with Gasteiger partial charge in [-0.2, -0.15) is 0 Å². The zero-order valence-electron chi connectivity index (χ0n) is 10.8. The Kier molecular flexibility index (Phi) is 5.22. The molecule has 0 saturated heterocycles. The minimum absolute atomic E-state index is 0.0936. The first kappa shape index (κ1) is 13.5. The molecule has 0 aliphatic carbocycles. The number of rotatable bonds is 6. The standard InChI is InChI=1S/C12H23N3S/c1-5-7-8-15(6-2)12-14-10(4)11(16-12)9(3)13/h9H,5-8,13H2,1-4H3. The molecule has 0 aromatic carbocycles. The quantitative estimate of drug-likeness (QED) is 0.832. The number of hydrogen-bond donors (Lipinski definition) is 1. The van der Waals surface area contributed by atoms with E-state index in [4.69, 9.17) is 5.73 Å². The number of hydrogen-bond acceptors (Lipinski definition) is 4. The molecule has 0 fully saturated rings. The average Bonchev–Trinajstić information content (AvgIpc) is 2.62. The monoisotopic (exact) mass is 241 g/mol. The molecule has 0 saturated carbocycles. The first-order valence-corrected chi connectivity index (χ1v) is 6.89. The van der Waals surface area contributed by atoms with E-state index >= 15 is 0 Å². The van der Waals surface area contributed by atoms with Crippen LogP contribution in [0.2, 0.25) is 0 Å². The molecule has 1 rings (SSSR count). The number of nitrogens with zero attached hydrogens (tertiary/aromatic N) is 2. The summed E-state index contributed by atoms with van der Waals surface area (Å²) >= 11 is 1.74. The molecule has 0 aliphatic rings. The topological polar surface area (TPSA) is 42.2 Å². The van der Waals surface area contributed by atoms with Gasteiger partial charge in [-0.15, -0.1) is 11.3 Å². The Labute approximate surface area is 103 Å². The van der Waals surface area contributed by atoms with Gasteiger partial charge in [0.15, 0.2) is 5.13 Å². The van der Waals surface area contributed by atoms with Gasteiger partial charge in [0.2, 0.25) is 0 Å². The van der Waals surface area contributed by atoms with Crippen LogP contribution in [0.4, 0.5) is 5.13 Å². The second kappa shape index (κ2) is 6.21. The van der Waals surface area contributed by atoms with Crippen LogP contribution < -0.4 is 10.6 Å². The third kappa shape index (κ3) is 3.19. The largest absolute Gasteiger partial charge is 0.348 e. The van der Waals surface area contributed by atoms with Crippen LogP contribution in [-0.2, 0) is 0 Å². The summed E-state index contributed by atoms with van der Waals surface area (Å²) in [4.78, 5) is 8.17. The van der Waals surface area contributed by atoms with Crippen LogP contribution in [0.5, 0.6) is 0 Å². The van der Waals surface area contributed by atoms with Crippen molar-refractivity contribution in [1.82, 2.24) is 4.98 Å². The zero-order chi connectivity index (χ0) is 12.1. The summed E-state index contributed by atoms with van der Waals surface area (Å²) in [5.74, 6) is 0. The fourth-order valence-electron chi connectivity index (χ4n) is 1.69. The highest BCUT2D eigenvalue weighted by Gasteiger charge is 2.14. The molecule has 4 heteroatoms. The highest BCUT2D eigenvalue weighted by Crippen LogP contribution is 2.29. The number of anilines is 1. The first-order chi connectivity index (χ1) is 7.60. The van der Waals surface area contributed by atoms with E-state index < -0.39 is 0 Å². The molecule has 1 heterocycles. The smallest absolute Gasteiger partial charge is 0.185 e. The van der Waals surface area contributed by atoms with Crippen molar-refractivity contribution in [3.8, 4) is 0 Å². The van der Waals surface area contributed by atoms with Crippen LogP contribution in [0.15, 0.2) is 0 Å². The molecule has 16 heavy (non-hydrogen) atoms. The Bertz CT molecular complexity index is 320. The van der Waals surface area contributed by atoms with Crippen molar-refractivity contribution in [1.29, 1.82) is 0 Å². The van der Waals surface area contributed by atoms with Gasteiger partial charge in [-0.3, -0.25) is 0 Å². The van der Waals surface area contributed by atoms with Crippen LogP contribution >= 0.6 is 11.3 Å².